The molecule has 1 saturated heterocycles. The predicted octanol–water partition coefficient (Wildman–Crippen LogP) is 1.84. The number of hydrogen-bond donors (Lipinski definition) is 2. The summed E-state index contributed by atoms with van der Waals surface area (Å²) in [5.41, 5.74) is 1.43. The van der Waals surface area contributed by atoms with E-state index in [1.54, 1.807) is 24.3 Å². The van der Waals surface area contributed by atoms with Gasteiger partial charge in [0.15, 0.2) is 0 Å². The van der Waals surface area contributed by atoms with Crippen LogP contribution < -0.4 is 10.6 Å². The lowest BCUT2D eigenvalue weighted by Crippen LogP contribution is -2.52. The molecule has 28 heavy (non-hydrogen) atoms. The van der Waals surface area contributed by atoms with Crippen LogP contribution in [0, 0.1) is 5.82 Å². The van der Waals surface area contributed by atoms with Crippen LogP contribution in [0.1, 0.15) is 39.1 Å². The second-order valence-corrected chi connectivity index (χ2v) is 6.71. The highest BCUT2D eigenvalue weighted by Gasteiger charge is 2.39. The van der Waals surface area contributed by atoms with Crippen LogP contribution in [-0.4, -0.2) is 34.6 Å². The van der Waals surface area contributed by atoms with Crippen LogP contribution in [0.4, 0.5) is 10.1 Å². The molecule has 0 spiro atoms. The van der Waals surface area contributed by atoms with E-state index in [-0.39, 0.29) is 36.8 Å². The Hall–Kier alpha value is -3.55. The fourth-order valence-electron chi connectivity index (χ4n) is 3.50. The monoisotopic (exact) mass is 381 g/mol. The van der Waals surface area contributed by atoms with Gasteiger partial charge in [-0.3, -0.25) is 24.5 Å². The molecule has 0 radical (unpaired) electrons. The fourth-order valence-corrected chi connectivity index (χ4v) is 3.50. The van der Waals surface area contributed by atoms with Crippen molar-refractivity contribution in [3.63, 3.8) is 0 Å². The van der Waals surface area contributed by atoms with Crippen LogP contribution in [0.3, 0.4) is 0 Å². The number of anilines is 1. The Morgan fingerprint density at radius 3 is 2.68 bits per heavy atom. The number of carbonyl (C=O) groups is 4. The molecular weight excluding hydrogens is 365 g/mol. The van der Waals surface area contributed by atoms with Crippen LogP contribution in [0.5, 0.6) is 0 Å². The molecule has 1 unspecified atom stereocenters. The summed E-state index contributed by atoms with van der Waals surface area (Å²) in [7, 11) is 0. The molecule has 0 bridgehead atoms. The van der Waals surface area contributed by atoms with Gasteiger partial charge in [0, 0.05) is 24.2 Å². The highest BCUT2D eigenvalue weighted by atomic mass is 19.1. The molecule has 2 aliphatic rings. The third-order valence-corrected chi connectivity index (χ3v) is 4.90. The van der Waals surface area contributed by atoms with Gasteiger partial charge in [-0.05, 0) is 42.3 Å². The van der Waals surface area contributed by atoms with Crippen molar-refractivity contribution in [3.8, 4) is 0 Å². The van der Waals surface area contributed by atoms with Crippen LogP contribution >= 0.6 is 0 Å². The molecule has 0 aromatic heterocycles. The predicted molar refractivity (Wildman–Crippen MR) is 96.8 cm³/mol. The van der Waals surface area contributed by atoms with Crippen molar-refractivity contribution in [1.29, 1.82) is 0 Å². The van der Waals surface area contributed by atoms with Gasteiger partial charge < -0.3 is 10.2 Å². The second kappa shape index (κ2) is 6.88. The topological polar surface area (TPSA) is 95.6 Å². The quantitative estimate of drug-likeness (QED) is 0.793. The number of carbonyl (C=O) groups excluding carboxylic acids is 4. The van der Waals surface area contributed by atoms with Crippen molar-refractivity contribution in [2.24, 2.45) is 0 Å². The Morgan fingerprint density at radius 2 is 1.93 bits per heavy atom. The van der Waals surface area contributed by atoms with Crippen LogP contribution in [0.15, 0.2) is 42.5 Å². The molecule has 2 aromatic carbocycles. The van der Waals surface area contributed by atoms with Gasteiger partial charge in [-0.25, -0.2) is 4.39 Å². The smallest absolute Gasteiger partial charge is 0.258 e. The first-order chi connectivity index (χ1) is 13.4. The molecule has 7 nitrogen and oxygen atoms in total. The molecule has 1 fully saturated rings. The van der Waals surface area contributed by atoms with Gasteiger partial charge in [-0.2, -0.15) is 0 Å². The third kappa shape index (κ3) is 3.13. The Bertz CT molecular complexity index is 1020. The number of halogens is 1. The van der Waals surface area contributed by atoms with Gasteiger partial charge in [0.05, 0.1) is 5.56 Å². The van der Waals surface area contributed by atoms with Crippen molar-refractivity contribution in [2.45, 2.75) is 25.4 Å². The van der Waals surface area contributed by atoms with Crippen LogP contribution in [0.25, 0.3) is 0 Å². The number of piperidine rings is 1. The minimum atomic E-state index is -0.700. The molecule has 1 atom stereocenters. The number of rotatable bonds is 3. The summed E-state index contributed by atoms with van der Waals surface area (Å²) in [6, 6.07) is 9.71. The van der Waals surface area contributed by atoms with Crippen molar-refractivity contribution in [2.75, 3.05) is 5.32 Å². The van der Waals surface area contributed by atoms with E-state index >= 15 is 0 Å². The Balaban J connectivity index is 1.53. The summed E-state index contributed by atoms with van der Waals surface area (Å²) < 4.78 is 13.8. The molecule has 2 heterocycles. The number of benzene rings is 2. The highest BCUT2D eigenvalue weighted by Crippen LogP contribution is 2.29. The zero-order valence-electron chi connectivity index (χ0n) is 14.7. The molecular formula is C20H16FN3O4. The summed E-state index contributed by atoms with van der Waals surface area (Å²) in [6.07, 6.45) is 0.460. The van der Waals surface area contributed by atoms with E-state index in [0.29, 0.717) is 16.8 Å². The number of hydrogen-bond acceptors (Lipinski definition) is 4. The average molecular weight is 381 g/mol. The minimum absolute atomic E-state index is 0.0794. The van der Waals surface area contributed by atoms with Gasteiger partial charge >= 0.3 is 0 Å². The van der Waals surface area contributed by atoms with Crippen molar-refractivity contribution < 1.29 is 23.6 Å². The summed E-state index contributed by atoms with van der Waals surface area (Å²) in [5.74, 6) is -2.34. The molecule has 142 valence electrons. The maximum Gasteiger partial charge on any atom is 0.258 e. The molecule has 2 aromatic rings. The summed E-state index contributed by atoms with van der Waals surface area (Å²) in [5, 5.41) is 4.87. The van der Waals surface area contributed by atoms with Gasteiger partial charge in [0.1, 0.15) is 11.9 Å². The van der Waals surface area contributed by atoms with Crippen molar-refractivity contribution in [1.82, 2.24) is 10.2 Å². The van der Waals surface area contributed by atoms with Crippen LogP contribution in [0.2, 0.25) is 0 Å². The van der Waals surface area contributed by atoms with Gasteiger partial charge in [0.25, 0.3) is 11.8 Å². The second-order valence-electron chi connectivity index (χ2n) is 6.71. The van der Waals surface area contributed by atoms with E-state index in [0.717, 1.165) is 0 Å². The third-order valence-electron chi connectivity index (χ3n) is 4.90. The lowest BCUT2D eigenvalue weighted by atomic mass is 10.0. The molecule has 4 rings (SSSR count). The van der Waals surface area contributed by atoms with Gasteiger partial charge in [-0.1, -0.05) is 12.1 Å². The van der Waals surface area contributed by atoms with E-state index in [1.807, 2.05) is 0 Å². The largest absolute Gasteiger partial charge is 0.322 e. The number of imide groups is 1. The maximum atomic E-state index is 13.8. The Kier molecular flexibility index (Phi) is 4.38. The number of amides is 4. The standard InChI is InChI=1S/C20H16FN3O4/c21-15-4-2-1-3-14(15)18(26)22-12-5-6-13-11(9-12)10-24(20(13)28)16-7-8-17(25)23-19(16)27/h1-6,9,16H,7-8,10H2,(H,22,26)(H,23,25,27). The fraction of sp³-hybridized carbons (Fsp3) is 0.200. The molecule has 2 N–H and O–H groups in total. The first kappa shape index (κ1) is 17.8. The van der Waals surface area contributed by atoms with E-state index in [2.05, 4.69) is 10.6 Å². The number of fused-ring (bicyclic) bond motifs is 1. The highest BCUT2D eigenvalue weighted by molar-refractivity contribution is 6.07. The van der Waals surface area contributed by atoms with Crippen molar-refractivity contribution in [3.05, 3.63) is 65.0 Å². The SMILES string of the molecule is O=C1CCC(N2Cc3cc(NC(=O)c4ccccc4F)ccc3C2=O)C(=O)N1. The van der Waals surface area contributed by atoms with Gasteiger partial charge in [-0.15, -0.1) is 0 Å². The zero-order chi connectivity index (χ0) is 19.8. The molecule has 0 saturated carbocycles. The van der Waals surface area contributed by atoms with Crippen molar-refractivity contribution >= 4 is 29.3 Å². The van der Waals surface area contributed by atoms with E-state index in [9.17, 15) is 23.6 Å². The normalized spacial score (nSPS) is 18.7. The summed E-state index contributed by atoms with van der Waals surface area (Å²) >= 11 is 0. The summed E-state index contributed by atoms with van der Waals surface area (Å²) in [6.45, 7) is 0.198. The number of nitrogens with zero attached hydrogens (tertiary/aromatic N) is 1. The number of nitrogens with one attached hydrogen (secondary N) is 2. The van der Waals surface area contributed by atoms with Gasteiger partial charge in [0.2, 0.25) is 11.8 Å². The molecule has 8 heteroatoms. The summed E-state index contributed by atoms with van der Waals surface area (Å²) in [4.78, 5) is 49.7. The Labute approximate surface area is 159 Å². The zero-order valence-corrected chi connectivity index (χ0v) is 14.7. The molecule has 2 aliphatic heterocycles. The van der Waals surface area contributed by atoms with E-state index in [4.69, 9.17) is 0 Å². The minimum Gasteiger partial charge on any atom is -0.322 e. The lowest BCUT2D eigenvalue weighted by Gasteiger charge is -2.29. The average Bonchev–Trinajstić information content (AvgIpc) is 2.98. The molecule has 0 aliphatic carbocycles. The Morgan fingerprint density at radius 1 is 1.14 bits per heavy atom. The van der Waals surface area contributed by atoms with E-state index < -0.39 is 23.7 Å². The first-order valence-electron chi connectivity index (χ1n) is 8.77. The first-order valence-corrected chi connectivity index (χ1v) is 8.77. The van der Waals surface area contributed by atoms with E-state index in [1.165, 1.54) is 23.1 Å². The lowest BCUT2D eigenvalue weighted by molar-refractivity contribution is -0.136. The molecule has 4 amide bonds. The van der Waals surface area contributed by atoms with Crippen LogP contribution in [-0.2, 0) is 16.1 Å². The maximum absolute atomic E-state index is 13.8.